The molecule has 2 aromatic carbocycles. The summed E-state index contributed by atoms with van der Waals surface area (Å²) in [7, 11) is 0. The van der Waals surface area contributed by atoms with Crippen LogP contribution in [0.4, 0.5) is 4.39 Å². The molecule has 1 unspecified atom stereocenters. The van der Waals surface area contributed by atoms with Crippen LogP contribution in [0.5, 0.6) is 0 Å². The van der Waals surface area contributed by atoms with E-state index in [-0.39, 0.29) is 23.8 Å². The van der Waals surface area contributed by atoms with E-state index in [4.69, 9.17) is 11.6 Å². The van der Waals surface area contributed by atoms with Gasteiger partial charge in [-0.25, -0.2) is 4.39 Å². The fourth-order valence-corrected chi connectivity index (χ4v) is 5.08. The Morgan fingerprint density at radius 2 is 1.79 bits per heavy atom. The molecule has 0 N–H and O–H groups in total. The first-order valence-corrected chi connectivity index (χ1v) is 12.3. The second kappa shape index (κ2) is 11.2. The molecule has 2 saturated heterocycles. The molecule has 7 heteroatoms. The summed E-state index contributed by atoms with van der Waals surface area (Å²) in [6, 6.07) is 14.1. The van der Waals surface area contributed by atoms with E-state index in [1.165, 1.54) is 17.7 Å². The molecule has 0 aliphatic carbocycles. The van der Waals surface area contributed by atoms with E-state index in [1.807, 2.05) is 29.2 Å². The van der Waals surface area contributed by atoms with E-state index >= 15 is 0 Å². The number of hydrogen-bond acceptors (Lipinski definition) is 3. The highest BCUT2D eigenvalue weighted by Gasteiger charge is 2.31. The molecule has 2 aromatic rings. The standard InChI is InChI=1S/C27H31ClFN3O2/c1-20(30-14-11-23(12-15-30)22-6-8-25(29)9-7-22)32-18-17-31(16-13-27(32)34)26(33)10-5-21-3-2-4-24(28)19-21/h2-10,19-20,23H,11-18H2,1H3/b10-5+. The van der Waals surface area contributed by atoms with Crippen LogP contribution in [0.25, 0.3) is 6.08 Å². The number of halogens is 2. The van der Waals surface area contributed by atoms with Gasteiger partial charge in [-0.3, -0.25) is 14.5 Å². The quantitative estimate of drug-likeness (QED) is 0.575. The van der Waals surface area contributed by atoms with Crippen molar-refractivity contribution in [1.29, 1.82) is 0 Å². The van der Waals surface area contributed by atoms with Gasteiger partial charge in [0.05, 0.1) is 6.17 Å². The van der Waals surface area contributed by atoms with E-state index in [1.54, 1.807) is 29.2 Å². The van der Waals surface area contributed by atoms with E-state index < -0.39 is 0 Å². The van der Waals surface area contributed by atoms with Crippen LogP contribution in [0.3, 0.4) is 0 Å². The molecule has 2 fully saturated rings. The Bertz CT molecular complexity index is 1030. The molecule has 34 heavy (non-hydrogen) atoms. The Morgan fingerprint density at radius 3 is 2.50 bits per heavy atom. The minimum absolute atomic E-state index is 0.0151. The Balaban J connectivity index is 1.31. The molecule has 0 bridgehead atoms. The fourth-order valence-electron chi connectivity index (χ4n) is 4.88. The number of rotatable bonds is 5. The number of carbonyl (C=O) groups is 2. The van der Waals surface area contributed by atoms with Crippen molar-refractivity contribution in [3.8, 4) is 0 Å². The van der Waals surface area contributed by atoms with Crippen LogP contribution in [0.2, 0.25) is 5.02 Å². The van der Waals surface area contributed by atoms with Gasteiger partial charge < -0.3 is 9.80 Å². The summed E-state index contributed by atoms with van der Waals surface area (Å²) in [6.07, 6.45) is 5.59. The molecule has 4 rings (SSSR count). The van der Waals surface area contributed by atoms with Crippen molar-refractivity contribution >= 4 is 29.5 Å². The summed E-state index contributed by atoms with van der Waals surface area (Å²) < 4.78 is 13.2. The third kappa shape index (κ3) is 6.05. The SMILES string of the molecule is CC(N1CCC(c2ccc(F)cc2)CC1)N1CCN(C(=O)/C=C/c2cccc(Cl)c2)CCC1=O. The molecule has 0 saturated carbocycles. The van der Waals surface area contributed by atoms with E-state index in [9.17, 15) is 14.0 Å². The molecule has 180 valence electrons. The lowest BCUT2D eigenvalue weighted by Crippen LogP contribution is -2.52. The number of carbonyl (C=O) groups excluding carboxylic acids is 2. The van der Waals surface area contributed by atoms with Gasteiger partial charge in [-0.2, -0.15) is 0 Å². The molecule has 2 amide bonds. The predicted molar refractivity (Wildman–Crippen MR) is 133 cm³/mol. The summed E-state index contributed by atoms with van der Waals surface area (Å²) in [5.41, 5.74) is 2.05. The van der Waals surface area contributed by atoms with Crippen LogP contribution in [0.15, 0.2) is 54.6 Å². The van der Waals surface area contributed by atoms with Gasteiger partial charge in [0, 0.05) is 50.2 Å². The van der Waals surface area contributed by atoms with Crippen LogP contribution in [-0.4, -0.2) is 65.4 Å². The highest BCUT2D eigenvalue weighted by Crippen LogP contribution is 2.29. The van der Waals surface area contributed by atoms with Crippen LogP contribution < -0.4 is 0 Å². The van der Waals surface area contributed by atoms with Crippen molar-refractivity contribution in [1.82, 2.24) is 14.7 Å². The Morgan fingerprint density at radius 1 is 1.06 bits per heavy atom. The summed E-state index contributed by atoms with van der Waals surface area (Å²) in [5.74, 6) is 0.204. The van der Waals surface area contributed by atoms with Crippen molar-refractivity contribution < 1.29 is 14.0 Å². The average Bonchev–Trinajstić information content (AvgIpc) is 3.04. The van der Waals surface area contributed by atoms with Gasteiger partial charge in [-0.05, 0) is 67.2 Å². The van der Waals surface area contributed by atoms with Gasteiger partial charge in [0.15, 0.2) is 0 Å². The van der Waals surface area contributed by atoms with Crippen molar-refractivity contribution in [2.75, 3.05) is 32.7 Å². The van der Waals surface area contributed by atoms with Gasteiger partial charge in [0.1, 0.15) is 5.82 Å². The van der Waals surface area contributed by atoms with Gasteiger partial charge in [-0.1, -0.05) is 35.9 Å². The number of nitrogens with zero attached hydrogens (tertiary/aromatic N) is 3. The van der Waals surface area contributed by atoms with Crippen LogP contribution in [0.1, 0.15) is 43.2 Å². The van der Waals surface area contributed by atoms with Gasteiger partial charge in [-0.15, -0.1) is 0 Å². The van der Waals surface area contributed by atoms with Gasteiger partial charge in [0.25, 0.3) is 0 Å². The first-order valence-electron chi connectivity index (χ1n) is 11.9. The molecule has 0 radical (unpaired) electrons. The second-order valence-corrected chi connectivity index (χ2v) is 9.48. The molecule has 1 atom stereocenters. The van der Waals surface area contributed by atoms with Crippen molar-refractivity contribution in [3.05, 3.63) is 76.6 Å². The first-order chi connectivity index (χ1) is 16.4. The topological polar surface area (TPSA) is 43.9 Å². The Labute approximate surface area is 205 Å². The Kier molecular flexibility index (Phi) is 8.01. The summed E-state index contributed by atoms with van der Waals surface area (Å²) in [4.78, 5) is 31.6. The fraction of sp³-hybridized carbons (Fsp3) is 0.407. The smallest absolute Gasteiger partial charge is 0.246 e. The first kappa shape index (κ1) is 24.4. The minimum atomic E-state index is -0.207. The highest BCUT2D eigenvalue weighted by molar-refractivity contribution is 6.30. The van der Waals surface area contributed by atoms with Crippen LogP contribution in [0, 0.1) is 5.82 Å². The third-order valence-electron chi connectivity index (χ3n) is 6.96. The molecule has 2 aliphatic rings. The molecular weight excluding hydrogens is 453 g/mol. The molecule has 0 aromatic heterocycles. The minimum Gasteiger partial charge on any atom is -0.337 e. The third-order valence-corrected chi connectivity index (χ3v) is 7.19. The zero-order valence-electron chi connectivity index (χ0n) is 19.5. The lowest BCUT2D eigenvalue weighted by atomic mass is 9.89. The molecule has 5 nitrogen and oxygen atoms in total. The van der Waals surface area contributed by atoms with Gasteiger partial charge in [0.2, 0.25) is 11.8 Å². The lowest BCUT2D eigenvalue weighted by Gasteiger charge is -2.41. The molecular formula is C27H31ClFN3O2. The van der Waals surface area contributed by atoms with Crippen LogP contribution >= 0.6 is 11.6 Å². The second-order valence-electron chi connectivity index (χ2n) is 9.04. The number of hydrogen-bond donors (Lipinski definition) is 0. The molecule has 2 aliphatic heterocycles. The molecule has 0 spiro atoms. The van der Waals surface area contributed by atoms with Crippen molar-refractivity contribution in [2.45, 2.75) is 38.3 Å². The monoisotopic (exact) mass is 483 g/mol. The lowest BCUT2D eigenvalue weighted by molar-refractivity contribution is -0.136. The van der Waals surface area contributed by atoms with E-state index in [0.717, 1.165) is 31.5 Å². The summed E-state index contributed by atoms with van der Waals surface area (Å²) in [6.45, 7) is 5.31. The maximum absolute atomic E-state index is 13.2. The van der Waals surface area contributed by atoms with Gasteiger partial charge >= 0.3 is 0 Å². The van der Waals surface area contributed by atoms with E-state index in [2.05, 4.69) is 11.8 Å². The summed E-state index contributed by atoms with van der Waals surface area (Å²) in [5, 5.41) is 0.626. The summed E-state index contributed by atoms with van der Waals surface area (Å²) >= 11 is 6.01. The number of likely N-dealkylation sites (tertiary alicyclic amines) is 1. The maximum Gasteiger partial charge on any atom is 0.246 e. The molecule has 2 heterocycles. The normalized spacial score (nSPS) is 19.4. The average molecular weight is 484 g/mol. The highest BCUT2D eigenvalue weighted by atomic mass is 35.5. The van der Waals surface area contributed by atoms with E-state index in [0.29, 0.717) is 37.0 Å². The largest absolute Gasteiger partial charge is 0.337 e. The number of benzene rings is 2. The maximum atomic E-state index is 13.2. The van der Waals surface area contributed by atoms with Crippen molar-refractivity contribution in [2.24, 2.45) is 0 Å². The predicted octanol–water partition coefficient (Wildman–Crippen LogP) is 4.78. The number of amides is 2. The Hall–Kier alpha value is -2.70. The van der Waals surface area contributed by atoms with Crippen LogP contribution in [-0.2, 0) is 9.59 Å². The zero-order valence-corrected chi connectivity index (χ0v) is 20.3. The zero-order chi connectivity index (χ0) is 24.1. The van der Waals surface area contributed by atoms with Crippen molar-refractivity contribution in [3.63, 3.8) is 0 Å². The number of piperidine rings is 1.